The third-order valence-electron chi connectivity index (χ3n) is 0.976. The largest absolute Gasteiger partial charge is 0.427 e. The van der Waals surface area contributed by atoms with Crippen LogP contribution in [-0.4, -0.2) is 15.0 Å². The standard InChI is InChI=1S/C5H11O4S/c1-2-3-4-5-9-10(6,7)8/h2-5H2,1H3. The Morgan fingerprint density at radius 1 is 1.30 bits per heavy atom. The molecule has 0 N–H and O–H groups in total. The molecule has 0 atom stereocenters. The number of hydrogen-bond acceptors (Lipinski definition) is 3. The van der Waals surface area contributed by atoms with E-state index in [0.717, 1.165) is 12.8 Å². The van der Waals surface area contributed by atoms with E-state index in [1.54, 1.807) is 0 Å². The van der Waals surface area contributed by atoms with Crippen LogP contribution in [0, 0.1) is 0 Å². The van der Waals surface area contributed by atoms with Crippen LogP contribution in [0.4, 0.5) is 0 Å². The lowest BCUT2D eigenvalue weighted by Gasteiger charge is -1.95. The van der Waals surface area contributed by atoms with Crippen LogP contribution in [-0.2, 0) is 19.1 Å². The van der Waals surface area contributed by atoms with Gasteiger partial charge in [0.1, 0.15) is 0 Å². The van der Waals surface area contributed by atoms with Crippen LogP contribution in [0.5, 0.6) is 0 Å². The van der Waals surface area contributed by atoms with E-state index < -0.39 is 10.4 Å². The summed E-state index contributed by atoms with van der Waals surface area (Å²) in [6, 6.07) is 0. The molecule has 0 aromatic heterocycles. The molecule has 0 aromatic rings. The van der Waals surface area contributed by atoms with E-state index in [1.807, 2.05) is 6.92 Å². The maximum Gasteiger partial charge on any atom is 0.427 e. The number of hydrogen-bond donors (Lipinski definition) is 0. The molecule has 4 nitrogen and oxygen atoms in total. The Hall–Kier alpha value is -0.130. The second-order valence-corrected chi connectivity index (χ2v) is 2.99. The maximum atomic E-state index is 9.82. The third-order valence-corrected chi connectivity index (χ3v) is 1.43. The summed E-state index contributed by atoms with van der Waals surface area (Å²) in [6.45, 7) is 1.99. The SMILES string of the molecule is CCCCCOS([O])(=O)=O. The van der Waals surface area contributed by atoms with Crippen LogP contribution in [0.15, 0.2) is 0 Å². The van der Waals surface area contributed by atoms with Crippen molar-refractivity contribution >= 4 is 10.4 Å². The van der Waals surface area contributed by atoms with E-state index >= 15 is 0 Å². The minimum absolute atomic E-state index is 0.0136. The molecule has 10 heavy (non-hydrogen) atoms. The zero-order valence-corrected chi connectivity index (χ0v) is 6.69. The van der Waals surface area contributed by atoms with Crippen molar-refractivity contribution in [3.05, 3.63) is 0 Å². The minimum Gasteiger partial charge on any atom is -0.246 e. The quantitative estimate of drug-likeness (QED) is 0.571. The first-order chi connectivity index (χ1) is 4.56. The summed E-state index contributed by atoms with van der Waals surface area (Å²) in [5.41, 5.74) is 0. The first kappa shape index (κ1) is 9.87. The first-order valence-electron chi connectivity index (χ1n) is 3.16. The predicted octanol–water partition coefficient (Wildman–Crippen LogP) is 0.869. The molecule has 0 aliphatic rings. The fraction of sp³-hybridized carbons (Fsp3) is 1.00. The van der Waals surface area contributed by atoms with Crippen LogP contribution in [0.2, 0.25) is 0 Å². The van der Waals surface area contributed by atoms with E-state index in [9.17, 15) is 13.0 Å². The molecule has 0 aliphatic carbocycles. The molecular weight excluding hydrogens is 156 g/mol. The van der Waals surface area contributed by atoms with Gasteiger partial charge >= 0.3 is 10.4 Å². The maximum absolute atomic E-state index is 9.82. The van der Waals surface area contributed by atoms with Crippen molar-refractivity contribution in [2.45, 2.75) is 26.2 Å². The van der Waals surface area contributed by atoms with Crippen LogP contribution in [0.1, 0.15) is 26.2 Å². The number of unbranched alkanes of at least 4 members (excludes halogenated alkanes) is 2. The van der Waals surface area contributed by atoms with E-state index in [4.69, 9.17) is 0 Å². The zero-order chi connectivity index (χ0) is 8.04. The van der Waals surface area contributed by atoms with Crippen molar-refractivity contribution in [1.82, 2.24) is 0 Å². The summed E-state index contributed by atoms with van der Waals surface area (Å²) < 4.78 is 33.4. The van der Waals surface area contributed by atoms with Gasteiger partial charge in [0.25, 0.3) is 0 Å². The Balaban J connectivity index is 3.21. The molecule has 0 bridgehead atoms. The monoisotopic (exact) mass is 167 g/mol. The highest BCUT2D eigenvalue weighted by Gasteiger charge is 2.04. The molecule has 0 saturated heterocycles. The highest BCUT2D eigenvalue weighted by molar-refractivity contribution is 7.80. The van der Waals surface area contributed by atoms with Gasteiger partial charge in [-0.05, 0) is 6.42 Å². The predicted molar refractivity (Wildman–Crippen MR) is 35.1 cm³/mol. The summed E-state index contributed by atoms with van der Waals surface area (Å²) in [5, 5.41) is 0. The summed E-state index contributed by atoms with van der Waals surface area (Å²) in [7, 11) is -4.45. The van der Waals surface area contributed by atoms with Gasteiger partial charge in [0.2, 0.25) is 0 Å². The fourth-order valence-corrected chi connectivity index (χ4v) is 0.835. The van der Waals surface area contributed by atoms with Gasteiger partial charge in [0, 0.05) is 0 Å². The molecule has 0 rings (SSSR count). The van der Waals surface area contributed by atoms with Crippen molar-refractivity contribution in [3.8, 4) is 0 Å². The first-order valence-corrected chi connectivity index (χ1v) is 4.50. The van der Waals surface area contributed by atoms with Crippen LogP contribution in [0.3, 0.4) is 0 Å². The normalized spacial score (nSPS) is 11.8. The summed E-state index contributed by atoms with van der Waals surface area (Å²) >= 11 is 0. The second-order valence-electron chi connectivity index (χ2n) is 1.94. The van der Waals surface area contributed by atoms with Gasteiger partial charge in [0.05, 0.1) is 6.61 Å². The molecular formula is C5H11O4S. The van der Waals surface area contributed by atoms with Crippen LogP contribution >= 0.6 is 0 Å². The van der Waals surface area contributed by atoms with Crippen LogP contribution < -0.4 is 0 Å². The summed E-state index contributed by atoms with van der Waals surface area (Å²) in [5.74, 6) is 0. The smallest absolute Gasteiger partial charge is 0.246 e. The molecule has 0 aromatic carbocycles. The zero-order valence-electron chi connectivity index (χ0n) is 5.87. The topological polar surface area (TPSA) is 63.3 Å². The molecule has 0 amide bonds. The Morgan fingerprint density at radius 2 is 1.90 bits per heavy atom. The molecule has 0 fully saturated rings. The van der Waals surface area contributed by atoms with Crippen molar-refractivity contribution in [2.75, 3.05) is 6.61 Å². The van der Waals surface area contributed by atoms with Gasteiger partial charge in [-0.3, -0.25) is 0 Å². The van der Waals surface area contributed by atoms with Crippen molar-refractivity contribution < 1.29 is 17.2 Å². The molecule has 0 unspecified atom stereocenters. The second kappa shape index (κ2) is 4.65. The fourth-order valence-electron chi connectivity index (χ4n) is 0.513. The minimum atomic E-state index is -4.45. The van der Waals surface area contributed by atoms with Gasteiger partial charge in [-0.25, -0.2) is 4.18 Å². The van der Waals surface area contributed by atoms with E-state index in [0.29, 0.717) is 6.42 Å². The average molecular weight is 167 g/mol. The Morgan fingerprint density at radius 3 is 2.30 bits per heavy atom. The van der Waals surface area contributed by atoms with Crippen molar-refractivity contribution in [1.29, 1.82) is 0 Å². The highest BCUT2D eigenvalue weighted by Crippen LogP contribution is 1.96. The molecule has 0 heterocycles. The van der Waals surface area contributed by atoms with Crippen LogP contribution in [0.25, 0.3) is 0 Å². The van der Waals surface area contributed by atoms with Gasteiger partial charge in [-0.15, -0.1) is 0 Å². The summed E-state index contributed by atoms with van der Waals surface area (Å²) in [4.78, 5) is 0. The Labute approximate surface area is 61.2 Å². The van der Waals surface area contributed by atoms with Gasteiger partial charge in [0.15, 0.2) is 0 Å². The molecule has 5 heteroatoms. The van der Waals surface area contributed by atoms with E-state index in [1.165, 1.54) is 0 Å². The molecule has 0 spiro atoms. The lowest BCUT2D eigenvalue weighted by molar-refractivity contribution is 0.239. The Kier molecular flexibility index (Phi) is 4.59. The molecule has 61 valence electrons. The van der Waals surface area contributed by atoms with Gasteiger partial charge in [-0.1, -0.05) is 24.3 Å². The molecule has 0 aliphatic heterocycles. The molecule has 1 radical (unpaired) electrons. The Bertz CT molecular complexity index is 160. The summed E-state index contributed by atoms with van der Waals surface area (Å²) in [6.07, 6.45) is 2.48. The molecule has 0 saturated carbocycles. The van der Waals surface area contributed by atoms with E-state index in [2.05, 4.69) is 4.18 Å². The van der Waals surface area contributed by atoms with Gasteiger partial charge in [-0.2, -0.15) is 8.42 Å². The van der Waals surface area contributed by atoms with Crippen molar-refractivity contribution in [2.24, 2.45) is 0 Å². The average Bonchev–Trinajstić information content (AvgIpc) is 1.78. The lowest BCUT2D eigenvalue weighted by atomic mass is 10.3. The third kappa shape index (κ3) is 7.87. The van der Waals surface area contributed by atoms with Gasteiger partial charge < -0.3 is 0 Å². The van der Waals surface area contributed by atoms with E-state index in [-0.39, 0.29) is 6.61 Å². The highest BCUT2D eigenvalue weighted by atomic mass is 32.3. The number of rotatable bonds is 5. The van der Waals surface area contributed by atoms with Crippen molar-refractivity contribution in [3.63, 3.8) is 0 Å². The lowest BCUT2D eigenvalue weighted by Crippen LogP contribution is -2.02.